The van der Waals surface area contributed by atoms with Gasteiger partial charge in [-0.3, -0.25) is 9.78 Å². The number of methoxy groups -OCH3 is 2. The lowest BCUT2D eigenvalue weighted by Crippen LogP contribution is -2.13. The molecule has 1 amide bonds. The van der Waals surface area contributed by atoms with E-state index in [1.54, 1.807) is 63.0 Å². The van der Waals surface area contributed by atoms with E-state index in [0.717, 1.165) is 16.5 Å². The maximum atomic E-state index is 12.9. The van der Waals surface area contributed by atoms with Gasteiger partial charge >= 0.3 is 0 Å². The zero-order valence-corrected chi connectivity index (χ0v) is 19.0. The number of halogens is 1. The van der Waals surface area contributed by atoms with Gasteiger partial charge in [0.2, 0.25) is 0 Å². The molecule has 2 aromatic carbocycles. The number of benzene rings is 2. The first kappa shape index (κ1) is 21.9. The third kappa shape index (κ3) is 4.64. The molecule has 4 rings (SSSR count). The summed E-state index contributed by atoms with van der Waals surface area (Å²) in [5, 5.41) is 5.03. The zero-order chi connectivity index (χ0) is 22.5. The molecule has 0 radical (unpaired) electrons. The number of amides is 1. The number of aromatic nitrogens is 2. The molecule has 8 heteroatoms. The molecule has 0 aliphatic carbocycles. The smallest absolute Gasteiger partial charge is 0.258 e. The van der Waals surface area contributed by atoms with Crippen molar-refractivity contribution in [2.75, 3.05) is 19.5 Å². The van der Waals surface area contributed by atoms with E-state index in [4.69, 9.17) is 21.1 Å². The topological polar surface area (TPSA) is 73.3 Å². The van der Waals surface area contributed by atoms with Crippen LogP contribution in [-0.2, 0) is 5.75 Å². The van der Waals surface area contributed by atoms with Crippen molar-refractivity contribution < 1.29 is 14.3 Å². The van der Waals surface area contributed by atoms with Gasteiger partial charge in [-0.25, -0.2) is 4.98 Å². The number of carbonyl (C=O) groups excluding carboxylic acids is 1. The second-order valence-electron chi connectivity index (χ2n) is 6.78. The normalized spacial score (nSPS) is 10.7. The highest BCUT2D eigenvalue weighted by molar-refractivity contribution is 7.98. The van der Waals surface area contributed by atoms with Crippen molar-refractivity contribution in [3.8, 4) is 11.5 Å². The van der Waals surface area contributed by atoms with Gasteiger partial charge in [0.15, 0.2) is 11.5 Å². The van der Waals surface area contributed by atoms with Crippen LogP contribution in [0.15, 0.2) is 72.0 Å². The Morgan fingerprint density at radius 3 is 2.69 bits per heavy atom. The van der Waals surface area contributed by atoms with Crippen LogP contribution >= 0.6 is 23.4 Å². The minimum absolute atomic E-state index is 0.242. The summed E-state index contributed by atoms with van der Waals surface area (Å²) in [5.41, 5.74) is 2.90. The number of ether oxygens (including phenoxy) is 2. The van der Waals surface area contributed by atoms with Crippen LogP contribution in [0.5, 0.6) is 11.5 Å². The lowest BCUT2D eigenvalue weighted by Gasteiger charge is -2.13. The third-order valence-corrected chi connectivity index (χ3v) is 6.10. The van der Waals surface area contributed by atoms with Gasteiger partial charge in [0.25, 0.3) is 5.91 Å². The second-order valence-corrected chi connectivity index (χ2v) is 8.18. The van der Waals surface area contributed by atoms with Crippen molar-refractivity contribution in [1.29, 1.82) is 0 Å². The summed E-state index contributed by atoms with van der Waals surface area (Å²) in [5.74, 6) is 1.58. The first-order chi connectivity index (χ1) is 15.6. The molecule has 0 unspecified atom stereocenters. The Balaban J connectivity index is 1.59. The summed E-state index contributed by atoms with van der Waals surface area (Å²) >= 11 is 7.50. The van der Waals surface area contributed by atoms with Crippen molar-refractivity contribution in [2.45, 2.75) is 10.8 Å². The molecular weight excluding hydrogens is 446 g/mol. The SMILES string of the molecule is COc1ccc2c(CSc3ncccc3C(=O)Nc3cccc(Cl)c3)ccnc2c1OC. The van der Waals surface area contributed by atoms with Gasteiger partial charge in [0, 0.05) is 34.2 Å². The van der Waals surface area contributed by atoms with E-state index in [2.05, 4.69) is 15.3 Å². The number of nitrogens with zero attached hydrogens (tertiary/aromatic N) is 2. The van der Waals surface area contributed by atoms with Gasteiger partial charge < -0.3 is 14.8 Å². The van der Waals surface area contributed by atoms with Crippen molar-refractivity contribution in [3.63, 3.8) is 0 Å². The number of hydrogen-bond donors (Lipinski definition) is 1. The first-order valence-electron chi connectivity index (χ1n) is 9.74. The summed E-state index contributed by atoms with van der Waals surface area (Å²) in [4.78, 5) is 21.8. The number of nitrogens with one attached hydrogen (secondary N) is 1. The summed E-state index contributed by atoms with van der Waals surface area (Å²) < 4.78 is 10.9. The van der Waals surface area contributed by atoms with Crippen LogP contribution < -0.4 is 14.8 Å². The lowest BCUT2D eigenvalue weighted by atomic mass is 10.1. The van der Waals surface area contributed by atoms with Gasteiger partial charge in [-0.05, 0) is 54.1 Å². The second kappa shape index (κ2) is 9.89. The molecule has 2 aromatic heterocycles. The van der Waals surface area contributed by atoms with Crippen LogP contribution in [-0.4, -0.2) is 30.1 Å². The van der Waals surface area contributed by atoms with Crippen LogP contribution in [0.25, 0.3) is 10.9 Å². The Kier molecular flexibility index (Phi) is 6.78. The summed E-state index contributed by atoms with van der Waals surface area (Å²) in [7, 11) is 3.19. The van der Waals surface area contributed by atoms with Gasteiger partial charge in [-0.15, -0.1) is 11.8 Å². The van der Waals surface area contributed by atoms with Crippen molar-refractivity contribution in [1.82, 2.24) is 9.97 Å². The molecule has 0 bridgehead atoms. The summed E-state index contributed by atoms with van der Waals surface area (Å²) in [6.45, 7) is 0. The van der Waals surface area contributed by atoms with E-state index in [-0.39, 0.29) is 5.91 Å². The van der Waals surface area contributed by atoms with Crippen LogP contribution in [0.4, 0.5) is 5.69 Å². The average Bonchev–Trinajstić information content (AvgIpc) is 2.82. The van der Waals surface area contributed by atoms with Gasteiger partial charge in [-0.2, -0.15) is 0 Å². The van der Waals surface area contributed by atoms with E-state index in [1.807, 2.05) is 18.2 Å². The molecule has 162 valence electrons. The summed E-state index contributed by atoms with van der Waals surface area (Å²) in [6, 6.07) is 16.3. The van der Waals surface area contributed by atoms with E-state index >= 15 is 0 Å². The Morgan fingerprint density at radius 1 is 1.03 bits per heavy atom. The first-order valence-corrected chi connectivity index (χ1v) is 11.1. The zero-order valence-electron chi connectivity index (χ0n) is 17.5. The quantitative estimate of drug-likeness (QED) is 0.345. The van der Waals surface area contributed by atoms with Gasteiger partial charge in [0.05, 0.1) is 19.8 Å². The largest absolute Gasteiger partial charge is 0.493 e. The highest BCUT2D eigenvalue weighted by Gasteiger charge is 2.16. The van der Waals surface area contributed by atoms with Crippen molar-refractivity contribution in [2.24, 2.45) is 0 Å². The molecule has 0 aliphatic heterocycles. The summed E-state index contributed by atoms with van der Waals surface area (Å²) in [6.07, 6.45) is 3.42. The fraction of sp³-hybridized carbons (Fsp3) is 0.125. The van der Waals surface area contributed by atoms with Gasteiger partial charge in [-0.1, -0.05) is 17.7 Å². The molecule has 6 nitrogen and oxygen atoms in total. The molecule has 32 heavy (non-hydrogen) atoms. The number of rotatable bonds is 7. The minimum atomic E-state index is -0.242. The number of anilines is 1. The number of pyridine rings is 2. The standard InChI is InChI=1S/C24H20ClN3O3S/c1-30-20-9-8-18-15(10-12-26-21(18)22(20)31-2)14-32-24-19(7-4-11-27-24)23(29)28-17-6-3-5-16(25)13-17/h3-13H,14H2,1-2H3,(H,28,29). The molecule has 0 spiro atoms. The van der Waals surface area contributed by atoms with Crippen molar-refractivity contribution >= 4 is 45.9 Å². The van der Waals surface area contributed by atoms with Crippen LogP contribution in [0.2, 0.25) is 5.02 Å². The van der Waals surface area contributed by atoms with E-state index in [1.165, 1.54) is 11.8 Å². The van der Waals surface area contributed by atoms with Crippen LogP contribution in [0.3, 0.4) is 0 Å². The Labute approximate surface area is 194 Å². The molecule has 0 saturated carbocycles. The van der Waals surface area contributed by atoms with Crippen molar-refractivity contribution in [3.05, 3.63) is 83.1 Å². The van der Waals surface area contributed by atoms with Gasteiger partial charge in [0.1, 0.15) is 10.5 Å². The predicted octanol–water partition coefficient (Wildman–Crippen LogP) is 5.85. The molecule has 0 saturated heterocycles. The molecule has 0 aliphatic rings. The Morgan fingerprint density at radius 2 is 1.91 bits per heavy atom. The minimum Gasteiger partial charge on any atom is -0.493 e. The maximum Gasteiger partial charge on any atom is 0.258 e. The molecule has 2 heterocycles. The maximum absolute atomic E-state index is 12.9. The fourth-order valence-electron chi connectivity index (χ4n) is 3.30. The molecule has 0 atom stereocenters. The average molecular weight is 466 g/mol. The monoisotopic (exact) mass is 465 g/mol. The number of hydrogen-bond acceptors (Lipinski definition) is 6. The molecular formula is C24H20ClN3O3S. The Hall–Kier alpha value is -3.29. The number of thioether (sulfide) groups is 1. The molecule has 1 N–H and O–H groups in total. The highest BCUT2D eigenvalue weighted by atomic mass is 35.5. The highest BCUT2D eigenvalue weighted by Crippen LogP contribution is 2.36. The fourth-order valence-corrected chi connectivity index (χ4v) is 4.49. The van der Waals surface area contributed by atoms with Crippen LogP contribution in [0, 0.1) is 0 Å². The molecule has 4 aromatic rings. The number of carbonyl (C=O) groups is 1. The van der Waals surface area contributed by atoms with E-state index in [0.29, 0.717) is 38.6 Å². The predicted molar refractivity (Wildman–Crippen MR) is 128 cm³/mol. The van der Waals surface area contributed by atoms with E-state index in [9.17, 15) is 4.79 Å². The van der Waals surface area contributed by atoms with E-state index < -0.39 is 0 Å². The third-order valence-electron chi connectivity index (χ3n) is 4.81. The lowest BCUT2D eigenvalue weighted by molar-refractivity contribution is 0.102. The Bertz CT molecular complexity index is 1280. The number of fused-ring (bicyclic) bond motifs is 1. The molecule has 0 fully saturated rings. The van der Waals surface area contributed by atoms with Crippen LogP contribution in [0.1, 0.15) is 15.9 Å².